The van der Waals surface area contributed by atoms with Gasteiger partial charge in [-0.05, 0) is 38.5 Å². The number of esters is 4. The molecule has 29 heavy (non-hydrogen) atoms. The topological polar surface area (TPSA) is 105 Å². The van der Waals surface area contributed by atoms with Gasteiger partial charge in [-0.1, -0.05) is 19.3 Å². The van der Waals surface area contributed by atoms with Crippen LogP contribution in [0, 0.1) is 0 Å². The van der Waals surface area contributed by atoms with Gasteiger partial charge < -0.3 is 18.9 Å². The van der Waals surface area contributed by atoms with E-state index in [1.165, 1.54) is 0 Å². The van der Waals surface area contributed by atoms with Crippen LogP contribution in [0.4, 0.5) is 0 Å². The summed E-state index contributed by atoms with van der Waals surface area (Å²) in [6.45, 7) is 1.76. The van der Waals surface area contributed by atoms with E-state index in [9.17, 15) is 19.2 Å². The van der Waals surface area contributed by atoms with Crippen molar-refractivity contribution in [3.63, 3.8) is 0 Å². The number of cyclic esters (lactones) is 4. The standard InChI is InChI=1S/C13H22O4.C8H12O4/c14-12-8-4-2-1-3-5-9-13(15)17-11-7-6-10-16-12;9-7-3-4-8(10)12-6-2-1-5-11-7/h1-11H2;1-6H2. The highest BCUT2D eigenvalue weighted by Gasteiger charge is 2.10. The molecule has 0 bridgehead atoms. The Labute approximate surface area is 172 Å². The van der Waals surface area contributed by atoms with Crippen LogP contribution in [-0.2, 0) is 38.1 Å². The fraction of sp³-hybridized carbons (Fsp3) is 0.810. The quantitative estimate of drug-likeness (QED) is 0.439. The predicted octanol–water partition coefficient (Wildman–Crippen LogP) is 3.24. The van der Waals surface area contributed by atoms with Gasteiger partial charge in [0, 0.05) is 12.8 Å². The first-order valence-electron chi connectivity index (χ1n) is 10.7. The summed E-state index contributed by atoms with van der Waals surface area (Å²) in [5, 5.41) is 0. The lowest BCUT2D eigenvalue weighted by Gasteiger charge is -2.08. The SMILES string of the molecule is O=C1CCC(=O)OCCCCO1.O=C1CCCCCCCC(=O)OCCCCO1. The summed E-state index contributed by atoms with van der Waals surface area (Å²) in [6.07, 6.45) is 9.29. The predicted molar refractivity (Wildman–Crippen MR) is 104 cm³/mol. The largest absolute Gasteiger partial charge is 0.466 e. The molecule has 0 aliphatic carbocycles. The molecule has 0 radical (unpaired) electrons. The monoisotopic (exact) mass is 414 g/mol. The molecule has 166 valence electrons. The van der Waals surface area contributed by atoms with Crippen LogP contribution in [0.25, 0.3) is 0 Å². The van der Waals surface area contributed by atoms with Gasteiger partial charge in [0.1, 0.15) is 0 Å². The molecule has 2 heterocycles. The van der Waals surface area contributed by atoms with E-state index >= 15 is 0 Å². The number of rotatable bonds is 0. The van der Waals surface area contributed by atoms with Crippen LogP contribution in [0.5, 0.6) is 0 Å². The Hall–Kier alpha value is -2.12. The third-order valence-corrected chi connectivity index (χ3v) is 4.42. The Balaban J connectivity index is 0.000000308. The molecule has 0 spiro atoms. The van der Waals surface area contributed by atoms with Gasteiger partial charge in [-0.15, -0.1) is 0 Å². The fourth-order valence-electron chi connectivity index (χ4n) is 2.71. The third-order valence-electron chi connectivity index (χ3n) is 4.42. The van der Waals surface area contributed by atoms with Crippen molar-refractivity contribution in [3.05, 3.63) is 0 Å². The van der Waals surface area contributed by atoms with Gasteiger partial charge in [-0.3, -0.25) is 19.2 Å². The van der Waals surface area contributed by atoms with Gasteiger partial charge in [0.05, 0.1) is 39.3 Å². The van der Waals surface area contributed by atoms with E-state index in [1.807, 2.05) is 0 Å². The maximum Gasteiger partial charge on any atom is 0.306 e. The summed E-state index contributed by atoms with van der Waals surface area (Å²) < 4.78 is 19.8. The van der Waals surface area contributed by atoms with Crippen LogP contribution < -0.4 is 0 Å². The van der Waals surface area contributed by atoms with Crippen LogP contribution in [0.15, 0.2) is 0 Å². The molecule has 2 aliphatic heterocycles. The van der Waals surface area contributed by atoms with Crippen molar-refractivity contribution >= 4 is 23.9 Å². The summed E-state index contributed by atoms with van der Waals surface area (Å²) in [4.78, 5) is 44.2. The third kappa shape index (κ3) is 15.5. The second kappa shape index (κ2) is 16.8. The van der Waals surface area contributed by atoms with Crippen LogP contribution >= 0.6 is 0 Å². The van der Waals surface area contributed by atoms with Gasteiger partial charge >= 0.3 is 23.9 Å². The normalized spacial score (nSPS) is 21.5. The first-order chi connectivity index (χ1) is 14.1. The van der Waals surface area contributed by atoms with Crippen molar-refractivity contribution in [2.24, 2.45) is 0 Å². The van der Waals surface area contributed by atoms with E-state index in [4.69, 9.17) is 18.9 Å². The Morgan fingerprint density at radius 2 is 0.621 bits per heavy atom. The van der Waals surface area contributed by atoms with Crippen molar-refractivity contribution in [1.82, 2.24) is 0 Å². The van der Waals surface area contributed by atoms with Gasteiger partial charge in [0.2, 0.25) is 0 Å². The zero-order chi connectivity index (χ0) is 21.2. The highest BCUT2D eigenvalue weighted by atomic mass is 16.5. The van der Waals surface area contributed by atoms with Gasteiger partial charge in [0.25, 0.3) is 0 Å². The minimum Gasteiger partial charge on any atom is -0.466 e. The molecule has 0 N–H and O–H groups in total. The minimum atomic E-state index is -0.311. The number of hydrogen-bond donors (Lipinski definition) is 0. The van der Waals surface area contributed by atoms with Gasteiger partial charge in [-0.2, -0.15) is 0 Å². The Kier molecular flexibility index (Phi) is 14.4. The molecular weight excluding hydrogens is 380 g/mol. The molecule has 2 fully saturated rings. The Morgan fingerprint density at radius 3 is 0.966 bits per heavy atom. The van der Waals surface area contributed by atoms with E-state index in [1.54, 1.807) is 0 Å². The second-order valence-electron chi connectivity index (χ2n) is 7.06. The molecule has 8 heteroatoms. The maximum atomic E-state index is 11.3. The van der Waals surface area contributed by atoms with Crippen LogP contribution in [-0.4, -0.2) is 50.3 Å². The number of carbonyl (C=O) groups excluding carboxylic acids is 4. The van der Waals surface area contributed by atoms with E-state index in [0.717, 1.165) is 57.8 Å². The number of ether oxygens (including phenoxy) is 4. The van der Waals surface area contributed by atoms with Crippen LogP contribution in [0.3, 0.4) is 0 Å². The molecular formula is C21H34O8. The first kappa shape index (κ1) is 24.9. The lowest BCUT2D eigenvalue weighted by molar-refractivity contribution is -0.152. The summed E-state index contributed by atoms with van der Waals surface area (Å²) in [6, 6.07) is 0. The van der Waals surface area contributed by atoms with Crippen molar-refractivity contribution in [2.75, 3.05) is 26.4 Å². The molecule has 0 aromatic heterocycles. The molecule has 8 nitrogen and oxygen atoms in total. The molecule has 0 unspecified atom stereocenters. The lowest BCUT2D eigenvalue weighted by Crippen LogP contribution is -2.14. The van der Waals surface area contributed by atoms with Crippen molar-refractivity contribution in [3.8, 4) is 0 Å². The molecule has 0 aromatic carbocycles. The van der Waals surface area contributed by atoms with Crippen LogP contribution in [0.1, 0.15) is 83.5 Å². The number of hydrogen-bond acceptors (Lipinski definition) is 8. The number of carbonyl (C=O) groups is 4. The summed E-state index contributed by atoms with van der Waals surface area (Å²) >= 11 is 0. The summed E-state index contributed by atoms with van der Waals surface area (Å²) in [5.74, 6) is -0.823. The highest BCUT2D eigenvalue weighted by Crippen LogP contribution is 2.09. The lowest BCUT2D eigenvalue weighted by atomic mass is 10.1. The molecule has 2 saturated heterocycles. The van der Waals surface area contributed by atoms with Gasteiger partial charge in [0.15, 0.2) is 0 Å². The maximum absolute atomic E-state index is 11.3. The van der Waals surface area contributed by atoms with E-state index in [0.29, 0.717) is 39.3 Å². The zero-order valence-corrected chi connectivity index (χ0v) is 17.3. The van der Waals surface area contributed by atoms with E-state index in [-0.39, 0.29) is 36.7 Å². The van der Waals surface area contributed by atoms with Crippen molar-refractivity contribution < 1.29 is 38.1 Å². The van der Waals surface area contributed by atoms with Crippen molar-refractivity contribution in [2.45, 2.75) is 83.5 Å². The molecule has 0 saturated carbocycles. The van der Waals surface area contributed by atoms with Crippen molar-refractivity contribution in [1.29, 1.82) is 0 Å². The first-order valence-corrected chi connectivity index (χ1v) is 10.7. The van der Waals surface area contributed by atoms with E-state index < -0.39 is 0 Å². The average Bonchev–Trinajstić information content (AvgIpc) is 2.71. The highest BCUT2D eigenvalue weighted by molar-refractivity contribution is 5.77. The minimum absolute atomic E-state index is 0.100. The smallest absolute Gasteiger partial charge is 0.306 e. The summed E-state index contributed by atoms with van der Waals surface area (Å²) in [5.41, 5.74) is 0. The van der Waals surface area contributed by atoms with Crippen LogP contribution in [0.2, 0.25) is 0 Å². The Bertz CT molecular complexity index is 459. The molecule has 0 aromatic rings. The Morgan fingerprint density at radius 1 is 0.345 bits per heavy atom. The van der Waals surface area contributed by atoms with E-state index in [2.05, 4.69) is 0 Å². The zero-order valence-electron chi connectivity index (χ0n) is 17.3. The molecule has 2 aliphatic rings. The van der Waals surface area contributed by atoms with Gasteiger partial charge in [-0.25, -0.2) is 0 Å². The fourth-order valence-corrected chi connectivity index (χ4v) is 2.71. The summed E-state index contributed by atoms with van der Waals surface area (Å²) in [7, 11) is 0. The molecule has 0 amide bonds. The average molecular weight is 414 g/mol. The molecule has 2 rings (SSSR count). The second-order valence-corrected chi connectivity index (χ2v) is 7.06. The molecule has 0 atom stereocenters.